The number of alkyl halides is 1. The Morgan fingerprint density at radius 1 is 1.88 bits per heavy atom. The first-order valence-electron chi connectivity index (χ1n) is 2.76. The molecule has 1 saturated heterocycles. The lowest BCUT2D eigenvalue weighted by molar-refractivity contribution is 0.179. The van der Waals surface area contributed by atoms with Gasteiger partial charge in [-0.1, -0.05) is 0 Å². The Balaban J connectivity index is 2.24. The lowest BCUT2D eigenvalue weighted by Gasteiger charge is -2.06. The van der Waals surface area contributed by atoms with Crippen LogP contribution in [0.3, 0.4) is 0 Å². The van der Waals surface area contributed by atoms with Crippen molar-refractivity contribution >= 4 is 0 Å². The minimum Gasteiger partial charge on any atom is -0.365 e. The molecule has 48 valence electrons. The summed E-state index contributed by atoms with van der Waals surface area (Å²) in [5.74, 6) is 0. The van der Waals surface area contributed by atoms with Gasteiger partial charge in [-0.2, -0.15) is 0 Å². The monoisotopic (exact) mass is 119 g/mol. The maximum atomic E-state index is 12.3. The summed E-state index contributed by atoms with van der Waals surface area (Å²) in [4.78, 5) is 0. The van der Waals surface area contributed by atoms with E-state index in [0.717, 1.165) is 0 Å². The van der Waals surface area contributed by atoms with Crippen molar-refractivity contribution < 1.29 is 9.13 Å². The predicted octanol–water partition coefficient (Wildman–Crippen LogP) is 0.290. The molecule has 1 heterocycles. The van der Waals surface area contributed by atoms with E-state index in [2.05, 4.69) is 5.32 Å². The van der Waals surface area contributed by atoms with Gasteiger partial charge < -0.3 is 4.74 Å². The molecule has 0 amide bonds. The largest absolute Gasteiger partial charge is 0.365 e. The first kappa shape index (κ1) is 5.98. The predicted molar refractivity (Wildman–Crippen MR) is 28.3 cm³/mol. The maximum absolute atomic E-state index is 12.3. The van der Waals surface area contributed by atoms with Crippen LogP contribution in [0, 0.1) is 0 Å². The second-order valence-corrected chi connectivity index (χ2v) is 2.00. The third kappa shape index (κ3) is 1.17. The Morgan fingerprint density at radius 3 is 2.88 bits per heavy atom. The van der Waals surface area contributed by atoms with Crippen molar-refractivity contribution in [1.82, 2.24) is 5.32 Å². The van der Waals surface area contributed by atoms with Crippen molar-refractivity contribution in [2.45, 2.75) is 19.1 Å². The molecule has 2 nitrogen and oxygen atoms in total. The number of hydrogen-bond donors (Lipinski definition) is 1. The van der Waals surface area contributed by atoms with E-state index in [9.17, 15) is 4.39 Å². The van der Waals surface area contributed by atoms with Crippen molar-refractivity contribution in [1.29, 1.82) is 0 Å². The number of halogens is 1. The quantitative estimate of drug-likeness (QED) is 0.535. The molecule has 0 aromatic rings. The molecule has 0 radical (unpaired) electrons. The topological polar surface area (TPSA) is 21.3 Å². The highest BCUT2D eigenvalue weighted by Gasteiger charge is 2.20. The van der Waals surface area contributed by atoms with Gasteiger partial charge in [0.1, 0.15) is 6.17 Å². The molecular weight excluding hydrogens is 109 g/mol. The van der Waals surface area contributed by atoms with Crippen molar-refractivity contribution in [3.63, 3.8) is 0 Å². The van der Waals surface area contributed by atoms with Gasteiger partial charge in [0.05, 0.1) is 19.4 Å². The van der Waals surface area contributed by atoms with E-state index >= 15 is 0 Å². The Labute approximate surface area is 48.0 Å². The summed E-state index contributed by atoms with van der Waals surface area (Å²) >= 11 is 0. The molecule has 1 N–H and O–H groups in total. The molecule has 2 atom stereocenters. The summed E-state index contributed by atoms with van der Waals surface area (Å²) < 4.78 is 17.1. The second-order valence-electron chi connectivity index (χ2n) is 2.00. The Hall–Kier alpha value is -0.150. The maximum Gasteiger partial charge on any atom is 0.115 e. The number of rotatable bonds is 1. The fourth-order valence-electron chi connectivity index (χ4n) is 0.706. The zero-order chi connectivity index (χ0) is 5.98. The van der Waals surface area contributed by atoms with Crippen LogP contribution in [-0.4, -0.2) is 25.6 Å². The highest BCUT2D eigenvalue weighted by atomic mass is 19.1. The van der Waals surface area contributed by atoms with E-state index in [0.29, 0.717) is 13.3 Å². The minimum atomic E-state index is -0.794. The van der Waals surface area contributed by atoms with Crippen LogP contribution in [0.2, 0.25) is 0 Å². The average molecular weight is 119 g/mol. The van der Waals surface area contributed by atoms with E-state index in [1.807, 2.05) is 0 Å². The zero-order valence-electron chi connectivity index (χ0n) is 4.86. The third-order valence-corrected chi connectivity index (χ3v) is 1.30. The molecule has 0 bridgehead atoms. The lowest BCUT2D eigenvalue weighted by Crippen LogP contribution is -2.31. The van der Waals surface area contributed by atoms with Gasteiger partial charge in [-0.25, -0.2) is 4.39 Å². The molecule has 0 unspecified atom stereocenters. The summed E-state index contributed by atoms with van der Waals surface area (Å²) in [5.41, 5.74) is 0. The Bertz CT molecular complexity index is 70.8. The third-order valence-electron chi connectivity index (χ3n) is 1.30. The van der Waals surface area contributed by atoms with Gasteiger partial charge in [0.2, 0.25) is 0 Å². The molecule has 1 aliphatic heterocycles. The fourth-order valence-corrected chi connectivity index (χ4v) is 0.706. The number of ether oxygens (including phenoxy) is 1. The molecule has 0 aliphatic carbocycles. The van der Waals surface area contributed by atoms with Crippen molar-refractivity contribution in [3.05, 3.63) is 0 Å². The smallest absolute Gasteiger partial charge is 0.115 e. The average Bonchev–Trinajstić information content (AvgIpc) is 2.12. The zero-order valence-corrected chi connectivity index (χ0v) is 4.86. The van der Waals surface area contributed by atoms with Gasteiger partial charge in [0.15, 0.2) is 0 Å². The first-order chi connectivity index (χ1) is 3.80. The van der Waals surface area contributed by atoms with Gasteiger partial charge in [0, 0.05) is 0 Å². The van der Waals surface area contributed by atoms with Gasteiger partial charge in [-0.15, -0.1) is 0 Å². The molecule has 8 heavy (non-hydrogen) atoms. The van der Waals surface area contributed by atoms with E-state index in [-0.39, 0.29) is 6.04 Å². The minimum absolute atomic E-state index is 0.0741. The fraction of sp³-hybridized carbons (Fsp3) is 1.00. The Kier molecular flexibility index (Phi) is 1.81. The van der Waals surface area contributed by atoms with Crippen LogP contribution in [-0.2, 0) is 4.74 Å². The van der Waals surface area contributed by atoms with Crippen LogP contribution in [0.5, 0.6) is 0 Å². The van der Waals surface area contributed by atoms with Crippen LogP contribution in [0.4, 0.5) is 4.39 Å². The number of hydrogen-bond acceptors (Lipinski definition) is 2. The molecule has 0 spiro atoms. The van der Waals surface area contributed by atoms with Crippen LogP contribution in [0.1, 0.15) is 6.92 Å². The molecule has 1 fully saturated rings. The van der Waals surface area contributed by atoms with Crippen LogP contribution in [0.15, 0.2) is 0 Å². The first-order valence-corrected chi connectivity index (χ1v) is 2.76. The standard InChI is InChI=1S/C5H10FNO/c1-4(6)5-2-8-3-7-5/h4-5,7H,2-3H2,1H3/t4-,5+/m0/s1. The van der Waals surface area contributed by atoms with E-state index in [1.54, 1.807) is 0 Å². The van der Waals surface area contributed by atoms with Crippen LogP contribution in [0.25, 0.3) is 0 Å². The Morgan fingerprint density at radius 2 is 2.62 bits per heavy atom. The summed E-state index contributed by atoms with van der Waals surface area (Å²) in [6, 6.07) is -0.0741. The second kappa shape index (κ2) is 2.42. The molecule has 1 aliphatic rings. The highest BCUT2D eigenvalue weighted by Crippen LogP contribution is 2.02. The van der Waals surface area contributed by atoms with E-state index < -0.39 is 6.17 Å². The normalized spacial score (nSPS) is 33.0. The molecular formula is C5H10FNO. The molecule has 0 saturated carbocycles. The molecule has 1 rings (SSSR count). The summed E-state index contributed by atoms with van der Waals surface area (Å²) in [6.07, 6.45) is -0.794. The van der Waals surface area contributed by atoms with Gasteiger partial charge in [-0.05, 0) is 6.92 Å². The van der Waals surface area contributed by atoms with Crippen LogP contribution < -0.4 is 5.32 Å². The number of nitrogens with one attached hydrogen (secondary N) is 1. The van der Waals surface area contributed by atoms with E-state index in [4.69, 9.17) is 4.74 Å². The molecule has 0 aromatic heterocycles. The SMILES string of the molecule is C[C@H](F)[C@H]1COCN1. The van der Waals surface area contributed by atoms with Gasteiger partial charge >= 0.3 is 0 Å². The van der Waals surface area contributed by atoms with Gasteiger partial charge in [-0.3, -0.25) is 5.32 Å². The summed E-state index contributed by atoms with van der Waals surface area (Å²) in [5, 5.41) is 2.86. The van der Waals surface area contributed by atoms with Crippen LogP contribution >= 0.6 is 0 Å². The lowest BCUT2D eigenvalue weighted by atomic mass is 10.2. The van der Waals surface area contributed by atoms with Crippen molar-refractivity contribution in [3.8, 4) is 0 Å². The summed E-state index contributed by atoms with van der Waals surface area (Å²) in [6.45, 7) is 2.54. The van der Waals surface area contributed by atoms with E-state index in [1.165, 1.54) is 6.92 Å². The summed E-state index contributed by atoms with van der Waals surface area (Å²) in [7, 11) is 0. The van der Waals surface area contributed by atoms with Crippen molar-refractivity contribution in [2.75, 3.05) is 13.3 Å². The highest BCUT2D eigenvalue weighted by molar-refractivity contribution is 4.74. The molecule has 3 heteroatoms. The van der Waals surface area contributed by atoms with Gasteiger partial charge in [0.25, 0.3) is 0 Å². The molecule has 0 aromatic carbocycles. The van der Waals surface area contributed by atoms with Crippen molar-refractivity contribution in [2.24, 2.45) is 0 Å².